The summed E-state index contributed by atoms with van der Waals surface area (Å²) >= 11 is 0. The quantitative estimate of drug-likeness (QED) is 0.882. The summed E-state index contributed by atoms with van der Waals surface area (Å²) < 4.78 is 13.8. The smallest absolute Gasteiger partial charge is 0.254 e. The number of benzene rings is 1. The van der Waals surface area contributed by atoms with Crippen LogP contribution >= 0.6 is 0 Å². The molecule has 3 heteroatoms. The number of hydrogen-bond donors (Lipinski definition) is 1. The molecular weight excluding hydrogens is 253 g/mol. The number of nitrogens with one attached hydrogen (secondary N) is 1. The standard InChI is InChI=1S/C17H24FNO/c1-12-5-3-7-14(11-12)9-10-19-17(20)15-8-4-6-13(2)16(15)18/h4,6,8,12,14H,3,5,7,9-11H2,1-2H3,(H,19,20). The molecule has 0 saturated heterocycles. The van der Waals surface area contributed by atoms with Gasteiger partial charge in [-0.2, -0.15) is 0 Å². The predicted octanol–water partition coefficient (Wildman–Crippen LogP) is 4.08. The molecule has 1 aromatic carbocycles. The fraction of sp³-hybridized carbons (Fsp3) is 0.588. The molecule has 2 nitrogen and oxygen atoms in total. The number of halogens is 1. The molecule has 0 heterocycles. The van der Waals surface area contributed by atoms with Crippen molar-refractivity contribution in [2.24, 2.45) is 11.8 Å². The lowest BCUT2D eigenvalue weighted by Gasteiger charge is -2.26. The highest BCUT2D eigenvalue weighted by atomic mass is 19.1. The molecule has 0 aliphatic heterocycles. The third kappa shape index (κ3) is 3.81. The average Bonchev–Trinajstić information content (AvgIpc) is 2.42. The van der Waals surface area contributed by atoms with E-state index in [1.54, 1.807) is 25.1 Å². The molecule has 1 amide bonds. The van der Waals surface area contributed by atoms with Gasteiger partial charge in [0.1, 0.15) is 5.82 Å². The fourth-order valence-corrected chi connectivity index (χ4v) is 3.13. The zero-order valence-corrected chi connectivity index (χ0v) is 12.4. The Morgan fingerprint density at radius 1 is 1.40 bits per heavy atom. The van der Waals surface area contributed by atoms with Crippen molar-refractivity contribution >= 4 is 5.91 Å². The minimum absolute atomic E-state index is 0.155. The van der Waals surface area contributed by atoms with Crippen LogP contribution in [0.3, 0.4) is 0 Å². The summed E-state index contributed by atoms with van der Waals surface area (Å²) in [5.74, 6) is 0.812. The minimum Gasteiger partial charge on any atom is -0.352 e. The van der Waals surface area contributed by atoms with Gasteiger partial charge in [0.25, 0.3) is 5.91 Å². The van der Waals surface area contributed by atoms with Gasteiger partial charge in [0.15, 0.2) is 0 Å². The zero-order valence-electron chi connectivity index (χ0n) is 12.4. The molecular formula is C17H24FNO. The molecule has 1 fully saturated rings. The lowest BCUT2D eigenvalue weighted by Crippen LogP contribution is -2.28. The van der Waals surface area contributed by atoms with Crippen molar-refractivity contribution in [1.29, 1.82) is 0 Å². The Labute approximate surface area is 120 Å². The lowest BCUT2D eigenvalue weighted by atomic mass is 9.81. The second-order valence-electron chi connectivity index (χ2n) is 6.12. The van der Waals surface area contributed by atoms with Crippen LogP contribution in [-0.2, 0) is 0 Å². The first-order valence-corrected chi connectivity index (χ1v) is 7.61. The number of aryl methyl sites for hydroxylation is 1. The van der Waals surface area contributed by atoms with E-state index in [1.165, 1.54) is 25.7 Å². The molecule has 2 rings (SSSR count). The summed E-state index contributed by atoms with van der Waals surface area (Å²) in [6.07, 6.45) is 6.15. The average molecular weight is 277 g/mol. The molecule has 1 saturated carbocycles. The van der Waals surface area contributed by atoms with E-state index in [-0.39, 0.29) is 11.5 Å². The zero-order chi connectivity index (χ0) is 14.5. The summed E-state index contributed by atoms with van der Waals surface area (Å²) in [5, 5.41) is 2.85. The molecule has 0 radical (unpaired) electrons. The highest BCUT2D eigenvalue weighted by molar-refractivity contribution is 5.94. The summed E-state index contributed by atoms with van der Waals surface area (Å²) in [4.78, 5) is 12.0. The van der Waals surface area contributed by atoms with Gasteiger partial charge in [-0.25, -0.2) is 4.39 Å². The fourth-order valence-electron chi connectivity index (χ4n) is 3.13. The summed E-state index contributed by atoms with van der Waals surface area (Å²) in [5.41, 5.74) is 0.667. The molecule has 1 aromatic rings. The van der Waals surface area contributed by atoms with E-state index in [0.717, 1.165) is 12.3 Å². The van der Waals surface area contributed by atoms with E-state index in [2.05, 4.69) is 12.2 Å². The van der Waals surface area contributed by atoms with Crippen molar-refractivity contribution in [2.75, 3.05) is 6.54 Å². The van der Waals surface area contributed by atoms with Gasteiger partial charge in [-0.3, -0.25) is 4.79 Å². The first-order chi connectivity index (χ1) is 9.58. The molecule has 20 heavy (non-hydrogen) atoms. The molecule has 0 bridgehead atoms. The van der Waals surface area contributed by atoms with Gasteiger partial charge in [-0.15, -0.1) is 0 Å². The van der Waals surface area contributed by atoms with E-state index in [4.69, 9.17) is 0 Å². The van der Waals surface area contributed by atoms with Crippen LogP contribution in [0.2, 0.25) is 0 Å². The van der Waals surface area contributed by atoms with Crippen LogP contribution in [0.5, 0.6) is 0 Å². The summed E-state index contributed by atoms with van der Waals surface area (Å²) in [6, 6.07) is 4.94. The Balaban J connectivity index is 1.82. The molecule has 1 N–H and O–H groups in total. The van der Waals surface area contributed by atoms with Crippen LogP contribution in [0.1, 0.15) is 54.9 Å². The minimum atomic E-state index is -0.406. The highest BCUT2D eigenvalue weighted by Crippen LogP contribution is 2.30. The largest absolute Gasteiger partial charge is 0.352 e. The number of carbonyl (C=O) groups excluding carboxylic acids is 1. The molecule has 0 spiro atoms. The van der Waals surface area contributed by atoms with Crippen molar-refractivity contribution in [3.63, 3.8) is 0 Å². The van der Waals surface area contributed by atoms with Gasteiger partial charge in [-0.1, -0.05) is 38.3 Å². The van der Waals surface area contributed by atoms with Gasteiger partial charge < -0.3 is 5.32 Å². The topological polar surface area (TPSA) is 29.1 Å². The van der Waals surface area contributed by atoms with E-state index in [0.29, 0.717) is 18.0 Å². The van der Waals surface area contributed by atoms with E-state index >= 15 is 0 Å². The van der Waals surface area contributed by atoms with Gasteiger partial charge in [0.2, 0.25) is 0 Å². The maximum atomic E-state index is 13.8. The number of carbonyl (C=O) groups is 1. The maximum absolute atomic E-state index is 13.8. The molecule has 1 aliphatic rings. The Morgan fingerprint density at radius 2 is 2.20 bits per heavy atom. The van der Waals surface area contributed by atoms with E-state index in [9.17, 15) is 9.18 Å². The van der Waals surface area contributed by atoms with Crippen molar-refractivity contribution in [3.8, 4) is 0 Å². The van der Waals surface area contributed by atoms with Crippen LogP contribution < -0.4 is 5.32 Å². The van der Waals surface area contributed by atoms with Gasteiger partial charge in [-0.05, 0) is 43.2 Å². The third-order valence-corrected chi connectivity index (χ3v) is 4.32. The van der Waals surface area contributed by atoms with Gasteiger partial charge in [0, 0.05) is 6.54 Å². The van der Waals surface area contributed by atoms with Crippen LogP contribution in [0.15, 0.2) is 18.2 Å². The Kier molecular flexibility index (Phi) is 5.16. The van der Waals surface area contributed by atoms with Crippen LogP contribution in [0, 0.1) is 24.6 Å². The summed E-state index contributed by atoms with van der Waals surface area (Å²) in [7, 11) is 0. The normalized spacial score (nSPS) is 22.6. The number of amides is 1. The molecule has 0 aromatic heterocycles. The second-order valence-corrected chi connectivity index (χ2v) is 6.12. The van der Waals surface area contributed by atoms with Gasteiger partial charge >= 0.3 is 0 Å². The van der Waals surface area contributed by atoms with Crippen LogP contribution in [0.4, 0.5) is 4.39 Å². The third-order valence-electron chi connectivity index (χ3n) is 4.32. The van der Waals surface area contributed by atoms with Crippen molar-refractivity contribution in [1.82, 2.24) is 5.32 Å². The summed E-state index contributed by atoms with van der Waals surface area (Å²) in [6.45, 7) is 4.62. The molecule has 1 aliphatic carbocycles. The van der Waals surface area contributed by atoms with E-state index < -0.39 is 5.82 Å². The first-order valence-electron chi connectivity index (χ1n) is 7.61. The lowest BCUT2D eigenvalue weighted by molar-refractivity contribution is 0.0945. The van der Waals surface area contributed by atoms with Crippen molar-refractivity contribution in [3.05, 3.63) is 35.1 Å². The predicted molar refractivity (Wildman–Crippen MR) is 79.2 cm³/mol. The Hall–Kier alpha value is -1.38. The Bertz CT molecular complexity index is 472. The van der Waals surface area contributed by atoms with Gasteiger partial charge in [0.05, 0.1) is 5.56 Å². The maximum Gasteiger partial charge on any atom is 0.254 e. The highest BCUT2D eigenvalue weighted by Gasteiger charge is 2.19. The SMILES string of the molecule is Cc1cccc(C(=O)NCCC2CCCC(C)C2)c1F. The van der Waals surface area contributed by atoms with Crippen molar-refractivity contribution < 1.29 is 9.18 Å². The van der Waals surface area contributed by atoms with E-state index in [1.807, 2.05) is 0 Å². The number of rotatable bonds is 4. The van der Waals surface area contributed by atoms with Crippen molar-refractivity contribution in [2.45, 2.75) is 46.0 Å². The molecule has 2 unspecified atom stereocenters. The molecule has 2 atom stereocenters. The van der Waals surface area contributed by atoms with Crippen LogP contribution in [-0.4, -0.2) is 12.5 Å². The monoisotopic (exact) mass is 277 g/mol. The molecule has 110 valence electrons. The van der Waals surface area contributed by atoms with Crippen LogP contribution in [0.25, 0.3) is 0 Å². The Morgan fingerprint density at radius 3 is 2.95 bits per heavy atom. The first kappa shape index (κ1) is 15.0. The second kappa shape index (κ2) is 6.87. The number of hydrogen-bond acceptors (Lipinski definition) is 1.